The average Bonchev–Trinajstić information content (AvgIpc) is 2.71. The summed E-state index contributed by atoms with van der Waals surface area (Å²) in [5.74, 6) is -0.302. The quantitative estimate of drug-likeness (QED) is 0.704. The van der Waals surface area contributed by atoms with Crippen LogP contribution in [0.5, 0.6) is 0 Å². The van der Waals surface area contributed by atoms with Crippen LogP contribution in [0.4, 0.5) is 0 Å². The van der Waals surface area contributed by atoms with Crippen molar-refractivity contribution in [2.24, 2.45) is 0 Å². The Hall–Kier alpha value is -1.14. The van der Waals surface area contributed by atoms with Crippen LogP contribution in [0.25, 0.3) is 0 Å². The molecule has 2 N–H and O–H groups in total. The minimum absolute atomic E-state index is 0. The molecule has 1 unspecified atom stereocenters. The van der Waals surface area contributed by atoms with E-state index in [2.05, 4.69) is 10.6 Å². The van der Waals surface area contributed by atoms with Crippen molar-refractivity contribution in [3.05, 3.63) is 0 Å². The number of carbonyl (C=O) groups is 3. The molecule has 0 radical (unpaired) electrons. The summed E-state index contributed by atoms with van der Waals surface area (Å²) in [6.45, 7) is 1.51. The van der Waals surface area contributed by atoms with E-state index in [9.17, 15) is 14.4 Å². The van der Waals surface area contributed by atoms with E-state index < -0.39 is 0 Å². The monoisotopic (exact) mass is 289 g/mol. The fourth-order valence-electron chi connectivity index (χ4n) is 2.36. The lowest BCUT2D eigenvalue weighted by molar-refractivity contribution is -0.138. The fraction of sp³-hybridized carbons (Fsp3) is 0.750. The summed E-state index contributed by atoms with van der Waals surface area (Å²) in [6.07, 6.45) is 3.63. The van der Waals surface area contributed by atoms with Crippen molar-refractivity contribution >= 4 is 30.1 Å². The van der Waals surface area contributed by atoms with Crippen LogP contribution in [0, 0.1) is 0 Å². The minimum Gasteiger partial charge on any atom is -0.353 e. The SMILES string of the molecule is Cl.O=C(NCCN1C(=O)CCC1=O)C1CCCCN1. The third kappa shape index (κ3) is 4.18. The predicted octanol–water partition coefficient (Wildman–Crippen LogP) is -0.185. The number of imide groups is 1. The van der Waals surface area contributed by atoms with E-state index in [1.165, 1.54) is 4.90 Å². The summed E-state index contributed by atoms with van der Waals surface area (Å²) in [5.41, 5.74) is 0. The molecule has 7 heteroatoms. The molecule has 2 aliphatic rings. The molecule has 2 saturated heterocycles. The van der Waals surface area contributed by atoms with Crippen LogP contribution in [-0.4, -0.2) is 48.3 Å². The van der Waals surface area contributed by atoms with E-state index >= 15 is 0 Å². The summed E-state index contributed by atoms with van der Waals surface area (Å²) >= 11 is 0. The van der Waals surface area contributed by atoms with Crippen LogP contribution in [0.15, 0.2) is 0 Å². The topological polar surface area (TPSA) is 78.5 Å². The second-order valence-electron chi connectivity index (χ2n) is 4.73. The van der Waals surface area contributed by atoms with Gasteiger partial charge in [-0.1, -0.05) is 6.42 Å². The van der Waals surface area contributed by atoms with Crippen molar-refractivity contribution in [2.75, 3.05) is 19.6 Å². The van der Waals surface area contributed by atoms with Gasteiger partial charge >= 0.3 is 0 Å². The molecule has 2 aliphatic heterocycles. The molecule has 6 nitrogen and oxygen atoms in total. The zero-order valence-corrected chi connectivity index (χ0v) is 11.6. The number of piperidine rings is 1. The zero-order valence-electron chi connectivity index (χ0n) is 10.8. The average molecular weight is 290 g/mol. The van der Waals surface area contributed by atoms with Crippen molar-refractivity contribution in [1.82, 2.24) is 15.5 Å². The first-order chi connectivity index (χ1) is 8.68. The van der Waals surface area contributed by atoms with Crippen LogP contribution in [0.3, 0.4) is 0 Å². The molecule has 2 rings (SSSR count). The van der Waals surface area contributed by atoms with Gasteiger partial charge in [-0.25, -0.2) is 0 Å². The van der Waals surface area contributed by atoms with Crippen LogP contribution < -0.4 is 10.6 Å². The summed E-state index contributed by atoms with van der Waals surface area (Å²) < 4.78 is 0. The van der Waals surface area contributed by atoms with E-state index in [1.54, 1.807) is 0 Å². The van der Waals surface area contributed by atoms with Crippen LogP contribution >= 0.6 is 12.4 Å². The first-order valence-electron chi connectivity index (χ1n) is 6.53. The summed E-state index contributed by atoms with van der Waals surface area (Å²) in [6, 6.07) is -0.122. The highest BCUT2D eigenvalue weighted by atomic mass is 35.5. The van der Waals surface area contributed by atoms with Crippen molar-refractivity contribution in [3.63, 3.8) is 0 Å². The number of amides is 3. The molecular weight excluding hydrogens is 270 g/mol. The third-order valence-electron chi connectivity index (χ3n) is 3.42. The number of halogens is 1. The van der Waals surface area contributed by atoms with Gasteiger partial charge < -0.3 is 10.6 Å². The van der Waals surface area contributed by atoms with Gasteiger partial charge in [-0.3, -0.25) is 19.3 Å². The lowest BCUT2D eigenvalue weighted by Gasteiger charge is -2.23. The lowest BCUT2D eigenvalue weighted by atomic mass is 10.0. The summed E-state index contributed by atoms with van der Waals surface area (Å²) in [5, 5.41) is 5.93. The molecule has 108 valence electrons. The molecule has 0 aromatic heterocycles. The molecular formula is C12H20ClN3O3. The third-order valence-corrected chi connectivity index (χ3v) is 3.42. The largest absolute Gasteiger partial charge is 0.353 e. The highest BCUT2D eigenvalue weighted by Gasteiger charge is 2.28. The minimum atomic E-state index is -0.134. The molecule has 19 heavy (non-hydrogen) atoms. The Bertz CT molecular complexity index is 340. The first kappa shape index (κ1) is 15.9. The number of rotatable bonds is 4. The van der Waals surface area contributed by atoms with Gasteiger partial charge in [-0.05, 0) is 19.4 Å². The Kier molecular flexibility index (Phi) is 6.24. The Morgan fingerprint density at radius 1 is 1.26 bits per heavy atom. The van der Waals surface area contributed by atoms with Crippen LogP contribution in [0.2, 0.25) is 0 Å². The smallest absolute Gasteiger partial charge is 0.237 e. The van der Waals surface area contributed by atoms with E-state index in [-0.39, 0.29) is 42.7 Å². The van der Waals surface area contributed by atoms with Gasteiger partial charge in [0.05, 0.1) is 6.04 Å². The number of nitrogens with one attached hydrogen (secondary N) is 2. The van der Waals surface area contributed by atoms with Gasteiger partial charge in [0.2, 0.25) is 17.7 Å². The summed E-state index contributed by atoms with van der Waals surface area (Å²) in [7, 11) is 0. The fourth-order valence-corrected chi connectivity index (χ4v) is 2.36. The van der Waals surface area contributed by atoms with Crippen molar-refractivity contribution in [1.29, 1.82) is 0 Å². The molecule has 2 heterocycles. The predicted molar refractivity (Wildman–Crippen MR) is 71.9 cm³/mol. The molecule has 0 aromatic rings. The van der Waals surface area contributed by atoms with Gasteiger partial charge in [0.25, 0.3) is 0 Å². The van der Waals surface area contributed by atoms with Crippen LogP contribution in [0.1, 0.15) is 32.1 Å². The zero-order chi connectivity index (χ0) is 13.0. The molecule has 0 aliphatic carbocycles. The van der Waals surface area contributed by atoms with Crippen molar-refractivity contribution < 1.29 is 14.4 Å². The van der Waals surface area contributed by atoms with E-state index in [0.29, 0.717) is 19.4 Å². The Morgan fingerprint density at radius 2 is 1.95 bits per heavy atom. The molecule has 0 aromatic carbocycles. The maximum Gasteiger partial charge on any atom is 0.237 e. The first-order valence-corrected chi connectivity index (χ1v) is 6.53. The van der Waals surface area contributed by atoms with Crippen LogP contribution in [-0.2, 0) is 14.4 Å². The maximum absolute atomic E-state index is 11.8. The lowest BCUT2D eigenvalue weighted by Crippen LogP contribution is -2.48. The molecule has 0 saturated carbocycles. The molecule has 0 bridgehead atoms. The highest BCUT2D eigenvalue weighted by molar-refractivity contribution is 6.01. The molecule has 3 amide bonds. The van der Waals surface area contributed by atoms with Gasteiger partial charge in [0, 0.05) is 25.9 Å². The number of likely N-dealkylation sites (tertiary alicyclic amines) is 1. The highest BCUT2D eigenvalue weighted by Crippen LogP contribution is 2.10. The Labute approximate surface area is 118 Å². The second-order valence-corrected chi connectivity index (χ2v) is 4.73. The second kappa shape index (κ2) is 7.45. The number of hydrogen-bond acceptors (Lipinski definition) is 4. The van der Waals surface area contributed by atoms with Gasteiger partial charge in [-0.2, -0.15) is 0 Å². The van der Waals surface area contributed by atoms with E-state index in [4.69, 9.17) is 0 Å². The number of nitrogens with zero attached hydrogens (tertiary/aromatic N) is 1. The molecule has 0 spiro atoms. The number of hydrogen-bond donors (Lipinski definition) is 2. The Morgan fingerprint density at radius 3 is 2.53 bits per heavy atom. The van der Waals surface area contributed by atoms with Gasteiger partial charge in [-0.15, -0.1) is 12.4 Å². The summed E-state index contributed by atoms with van der Waals surface area (Å²) in [4.78, 5) is 35.7. The molecule has 2 fully saturated rings. The van der Waals surface area contributed by atoms with E-state index in [0.717, 1.165) is 25.8 Å². The van der Waals surface area contributed by atoms with Gasteiger partial charge in [0.15, 0.2) is 0 Å². The maximum atomic E-state index is 11.8. The molecule has 1 atom stereocenters. The number of carbonyl (C=O) groups excluding carboxylic acids is 3. The van der Waals surface area contributed by atoms with Crippen molar-refractivity contribution in [3.8, 4) is 0 Å². The normalized spacial score (nSPS) is 23.2. The standard InChI is InChI=1S/C12H19N3O3.ClH/c16-10-4-5-11(17)15(10)8-7-14-12(18)9-3-1-2-6-13-9;/h9,13H,1-8H2,(H,14,18);1H. The van der Waals surface area contributed by atoms with Crippen molar-refractivity contribution in [2.45, 2.75) is 38.1 Å². The van der Waals surface area contributed by atoms with E-state index in [1.807, 2.05) is 0 Å². The van der Waals surface area contributed by atoms with Gasteiger partial charge in [0.1, 0.15) is 0 Å². The Balaban J connectivity index is 0.00000180.